The lowest BCUT2D eigenvalue weighted by atomic mass is 10.1. The highest BCUT2D eigenvalue weighted by molar-refractivity contribution is 6.02. The topological polar surface area (TPSA) is 42.0 Å². The Hall–Kier alpha value is -1.90. The number of anilines is 1. The van der Waals surface area contributed by atoms with Crippen LogP contribution in [0, 0.1) is 12.8 Å². The lowest BCUT2D eigenvalue weighted by Crippen LogP contribution is -2.17. The fourth-order valence-corrected chi connectivity index (χ4v) is 1.70. The number of hydrogen-bond donors (Lipinski definition) is 1. The minimum atomic E-state index is -0.0250. The van der Waals surface area contributed by atoms with E-state index in [1.807, 2.05) is 45.0 Å². The molecule has 0 bridgehead atoms. The van der Waals surface area contributed by atoms with Gasteiger partial charge in [-0.25, -0.2) is 0 Å². The van der Waals surface area contributed by atoms with E-state index in [-0.39, 0.29) is 11.8 Å². The molecule has 0 saturated heterocycles. The van der Waals surface area contributed by atoms with Gasteiger partial charge in [-0.05, 0) is 30.7 Å². The maximum Gasteiger partial charge on any atom is 0.226 e. The summed E-state index contributed by atoms with van der Waals surface area (Å²) in [6.07, 6.45) is 1.77. The van der Waals surface area contributed by atoms with Gasteiger partial charge in [-0.1, -0.05) is 19.9 Å². The summed E-state index contributed by atoms with van der Waals surface area (Å²) in [6, 6.07) is 7.77. The number of benzene rings is 1. The van der Waals surface area contributed by atoms with Gasteiger partial charge in [-0.15, -0.1) is 0 Å². The van der Waals surface area contributed by atoms with Crippen LogP contribution in [0.3, 0.4) is 0 Å². The monoisotopic (exact) mass is 228 g/mol. The van der Waals surface area contributed by atoms with Gasteiger partial charge in [0.1, 0.15) is 0 Å². The quantitative estimate of drug-likeness (QED) is 0.858. The predicted octanol–water partition coefficient (Wildman–Crippen LogP) is 3.14. The van der Waals surface area contributed by atoms with E-state index in [9.17, 15) is 4.79 Å². The van der Waals surface area contributed by atoms with Gasteiger partial charge in [0, 0.05) is 17.5 Å². The summed E-state index contributed by atoms with van der Waals surface area (Å²) < 4.78 is 0. The lowest BCUT2D eigenvalue weighted by molar-refractivity contribution is -0.118. The minimum absolute atomic E-state index is 0.0250. The van der Waals surface area contributed by atoms with Crippen LogP contribution in [-0.2, 0) is 4.79 Å². The standard InChI is InChI=1S/C14H16N2O/c1-9(2)14(17)16-12-7-6-10(3)13-11(12)5-4-8-15-13/h4-9H,1-3H3,(H,16,17). The van der Waals surface area contributed by atoms with Crippen molar-refractivity contribution in [2.45, 2.75) is 20.8 Å². The molecule has 2 rings (SSSR count). The van der Waals surface area contributed by atoms with Crippen molar-refractivity contribution in [2.75, 3.05) is 5.32 Å². The Morgan fingerprint density at radius 2 is 2.06 bits per heavy atom. The molecule has 88 valence electrons. The Morgan fingerprint density at radius 3 is 2.76 bits per heavy atom. The number of fused-ring (bicyclic) bond motifs is 1. The summed E-state index contributed by atoms with van der Waals surface area (Å²) in [5, 5.41) is 3.92. The summed E-state index contributed by atoms with van der Waals surface area (Å²) in [5.41, 5.74) is 2.88. The van der Waals surface area contributed by atoms with Crippen LogP contribution < -0.4 is 5.32 Å². The first-order chi connectivity index (χ1) is 8.09. The minimum Gasteiger partial charge on any atom is -0.325 e. The third-order valence-corrected chi connectivity index (χ3v) is 2.75. The van der Waals surface area contributed by atoms with Crippen molar-refractivity contribution in [3.05, 3.63) is 36.0 Å². The highest BCUT2D eigenvalue weighted by atomic mass is 16.1. The van der Waals surface area contributed by atoms with E-state index in [0.717, 1.165) is 22.2 Å². The number of aryl methyl sites for hydroxylation is 1. The van der Waals surface area contributed by atoms with E-state index < -0.39 is 0 Å². The Balaban J connectivity index is 2.48. The van der Waals surface area contributed by atoms with E-state index in [2.05, 4.69) is 10.3 Å². The number of amides is 1. The van der Waals surface area contributed by atoms with Crippen LogP contribution in [0.5, 0.6) is 0 Å². The zero-order chi connectivity index (χ0) is 12.4. The smallest absolute Gasteiger partial charge is 0.226 e. The molecule has 1 aromatic heterocycles. The third-order valence-electron chi connectivity index (χ3n) is 2.75. The maximum absolute atomic E-state index is 11.7. The Labute approximate surface area is 101 Å². The molecule has 2 aromatic rings. The molecule has 1 amide bonds. The fraction of sp³-hybridized carbons (Fsp3) is 0.286. The molecule has 1 heterocycles. The molecule has 1 aromatic carbocycles. The molecule has 3 nitrogen and oxygen atoms in total. The molecule has 0 fully saturated rings. The Bertz CT molecular complexity index is 561. The van der Waals surface area contributed by atoms with Gasteiger partial charge < -0.3 is 5.32 Å². The number of hydrogen-bond acceptors (Lipinski definition) is 2. The predicted molar refractivity (Wildman–Crippen MR) is 69.9 cm³/mol. The van der Waals surface area contributed by atoms with Crippen LogP contribution in [0.2, 0.25) is 0 Å². The maximum atomic E-state index is 11.7. The summed E-state index contributed by atoms with van der Waals surface area (Å²) >= 11 is 0. The SMILES string of the molecule is Cc1ccc(NC(=O)C(C)C)c2cccnc12. The molecule has 0 radical (unpaired) electrons. The summed E-state index contributed by atoms with van der Waals surface area (Å²) in [7, 11) is 0. The van der Waals surface area contributed by atoms with E-state index in [1.165, 1.54) is 0 Å². The molecule has 3 heteroatoms. The second-order valence-corrected chi connectivity index (χ2v) is 4.47. The van der Waals surface area contributed by atoms with Gasteiger partial charge in [0.05, 0.1) is 11.2 Å². The lowest BCUT2D eigenvalue weighted by Gasteiger charge is -2.11. The van der Waals surface area contributed by atoms with Crippen molar-refractivity contribution in [1.29, 1.82) is 0 Å². The molecule has 0 atom stereocenters. The van der Waals surface area contributed by atoms with Gasteiger partial charge in [0.25, 0.3) is 0 Å². The van der Waals surface area contributed by atoms with Gasteiger partial charge in [0.15, 0.2) is 0 Å². The zero-order valence-electron chi connectivity index (χ0n) is 10.3. The fourth-order valence-electron chi connectivity index (χ4n) is 1.70. The van der Waals surface area contributed by atoms with E-state index in [4.69, 9.17) is 0 Å². The first-order valence-electron chi connectivity index (χ1n) is 5.75. The van der Waals surface area contributed by atoms with Crippen molar-refractivity contribution in [3.63, 3.8) is 0 Å². The van der Waals surface area contributed by atoms with Crippen molar-refractivity contribution in [2.24, 2.45) is 5.92 Å². The van der Waals surface area contributed by atoms with Gasteiger partial charge >= 0.3 is 0 Å². The second kappa shape index (κ2) is 4.53. The Kier molecular flexibility index (Phi) is 3.09. The number of carbonyl (C=O) groups excluding carboxylic acids is 1. The van der Waals surface area contributed by atoms with Crippen molar-refractivity contribution >= 4 is 22.5 Å². The first kappa shape index (κ1) is 11.6. The van der Waals surface area contributed by atoms with Crippen LogP contribution in [0.1, 0.15) is 19.4 Å². The molecule has 0 unspecified atom stereocenters. The highest BCUT2D eigenvalue weighted by Gasteiger charge is 2.10. The van der Waals surface area contributed by atoms with Crippen LogP contribution in [0.25, 0.3) is 10.9 Å². The average Bonchev–Trinajstić information content (AvgIpc) is 2.33. The van der Waals surface area contributed by atoms with E-state index >= 15 is 0 Å². The first-order valence-corrected chi connectivity index (χ1v) is 5.75. The largest absolute Gasteiger partial charge is 0.325 e. The molecule has 1 N–H and O–H groups in total. The number of pyridine rings is 1. The van der Waals surface area contributed by atoms with Crippen LogP contribution in [0.4, 0.5) is 5.69 Å². The molecule has 0 aliphatic carbocycles. The second-order valence-electron chi connectivity index (χ2n) is 4.47. The van der Waals surface area contributed by atoms with Crippen LogP contribution in [0.15, 0.2) is 30.5 Å². The molecule has 0 spiro atoms. The molecule has 0 saturated carbocycles. The zero-order valence-corrected chi connectivity index (χ0v) is 10.3. The van der Waals surface area contributed by atoms with Crippen molar-refractivity contribution in [3.8, 4) is 0 Å². The molecule has 17 heavy (non-hydrogen) atoms. The summed E-state index contributed by atoms with van der Waals surface area (Å²) in [6.45, 7) is 5.78. The average molecular weight is 228 g/mol. The molecular formula is C14H16N2O. The number of carbonyl (C=O) groups is 1. The van der Waals surface area contributed by atoms with Crippen LogP contribution in [-0.4, -0.2) is 10.9 Å². The van der Waals surface area contributed by atoms with Gasteiger partial charge in [0.2, 0.25) is 5.91 Å². The molecular weight excluding hydrogens is 212 g/mol. The number of nitrogens with zero attached hydrogens (tertiary/aromatic N) is 1. The number of nitrogens with one attached hydrogen (secondary N) is 1. The molecule has 0 aliphatic heterocycles. The van der Waals surface area contributed by atoms with Crippen molar-refractivity contribution in [1.82, 2.24) is 4.98 Å². The normalized spacial score (nSPS) is 10.8. The van der Waals surface area contributed by atoms with Gasteiger partial charge in [-0.3, -0.25) is 9.78 Å². The number of aromatic nitrogens is 1. The van der Waals surface area contributed by atoms with Crippen LogP contribution >= 0.6 is 0 Å². The number of rotatable bonds is 2. The third kappa shape index (κ3) is 2.28. The molecule has 0 aliphatic rings. The Morgan fingerprint density at radius 1 is 1.29 bits per heavy atom. The van der Waals surface area contributed by atoms with Gasteiger partial charge in [-0.2, -0.15) is 0 Å². The van der Waals surface area contributed by atoms with E-state index in [0.29, 0.717) is 0 Å². The van der Waals surface area contributed by atoms with E-state index in [1.54, 1.807) is 6.20 Å². The summed E-state index contributed by atoms with van der Waals surface area (Å²) in [4.78, 5) is 16.1. The highest BCUT2D eigenvalue weighted by Crippen LogP contribution is 2.24. The van der Waals surface area contributed by atoms with Crippen molar-refractivity contribution < 1.29 is 4.79 Å². The summed E-state index contributed by atoms with van der Waals surface area (Å²) in [5.74, 6) is 0.00188.